The lowest BCUT2D eigenvalue weighted by Crippen LogP contribution is -2.36. The van der Waals surface area contributed by atoms with E-state index in [0.29, 0.717) is 19.8 Å². The molecule has 3 heterocycles. The number of carbonyl (C=O) groups is 1. The summed E-state index contributed by atoms with van der Waals surface area (Å²) in [6.45, 7) is 4.40. The lowest BCUT2D eigenvalue weighted by Gasteiger charge is -2.23. The number of thiazole rings is 1. The second-order valence-electron chi connectivity index (χ2n) is 10.1. The number of carbonyl (C=O) groups excluding carboxylic acids is 1. The number of nitrogens with two attached hydrogens (primary N) is 1. The first-order valence-electron chi connectivity index (χ1n) is 12.7. The molecular weight excluding hydrogens is 557 g/mol. The number of hydrogen-bond donors (Lipinski definition) is 1. The van der Waals surface area contributed by atoms with Crippen molar-refractivity contribution in [1.29, 1.82) is 0 Å². The summed E-state index contributed by atoms with van der Waals surface area (Å²) in [5, 5.41) is 0.956. The number of thiocarbonyl (C=S) groups is 1. The Morgan fingerprint density at radius 1 is 0.900 bits per heavy atom. The topological polar surface area (TPSA) is 71.6 Å². The Morgan fingerprint density at radius 2 is 1.57 bits per heavy atom. The number of benzene rings is 3. The van der Waals surface area contributed by atoms with Crippen LogP contribution in [0.4, 0.5) is 5.69 Å². The molecule has 0 atom stereocenters. The Balaban J connectivity index is 1.50. The number of hydrazine groups is 1. The molecule has 0 spiro atoms. The summed E-state index contributed by atoms with van der Waals surface area (Å²) in [4.78, 5) is 29.2. The van der Waals surface area contributed by atoms with Gasteiger partial charge < -0.3 is 4.90 Å². The van der Waals surface area contributed by atoms with Crippen molar-refractivity contribution in [1.82, 2.24) is 9.58 Å². The molecule has 0 aliphatic carbocycles. The van der Waals surface area contributed by atoms with E-state index in [-0.39, 0.29) is 15.3 Å². The SMILES string of the molecule is CN1/C(=C\C=c2/s/c(=C3\SC(=S)N(N)C3=O)n(-c3ccccc3)c2=O)C(C)(C)c2cc(-c3ccccc3)ccc21. The van der Waals surface area contributed by atoms with Gasteiger partial charge in [0.05, 0.1) is 10.2 Å². The van der Waals surface area contributed by atoms with E-state index in [2.05, 4.69) is 56.1 Å². The van der Waals surface area contributed by atoms with E-state index in [0.717, 1.165) is 28.2 Å². The van der Waals surface area contributed by atoms with Crippen molar-refractivity contribution in [3.8, 4) is 16.8 Å². The van der Waals surface area contributed by atoms with Gasteiger partial charge in [0.1, 0.15) is 9.57 Å². The quantitative estimate of drug-likeness (QED) is 0.218. The molecule has 1 amide bonds. The average molecular weight is 583 g/mol. The summed E-state index contributed by atoms with van der Waals surface area (Å²) in [7, 11) is 2.05. The van der Waals surface area contributed by atoms with Crippen LogP contribution in [0.1, 0.15) is 19.4 Å². The highest BCUT2D eigenvalue weighted by Gasteiger charge is 2.38. The summed E-state index contributed by atoms with van der Waals surface area (Å²) in [5.41, 5.74) is 5.96. The van der Waals surface area contributed by atoms with Crippen LogP contribution in [0.3, 0.4) is 0 Å². The van der Waals surface area contributed by atoms with E-state index in [1.165, 1.54) is 28.0 Å². The molecule has 200 valence electrons. The lowest BCUT2D eigenvalue weighted by molar-refractivity contribution is -0.120. The van der Waals surface area contributed by atoms with Crippen LogP contribution in [0.5, 0.6) is 0 Å². The van der Waals surface area contributed by atoms with Crippen LogP contribution < -0.4 is 25.5 Å². The number of likely N-dealkylation sites (N-methyl/N-ethyl adjacent to an activating group) is 1. The predicted octanol–water partition coefficient (Wildman–Crippen LogP) is 4.50. The van der Waals surface area contributed by atoms with Crippen molar-refractivity contribution in [2.75, 3.05) is 11.9 Å². The van der Waals surface area contributed by atoms with Crippen molar-refractivity contribution in [3.05, 3.63) is 116 Å². The summed E-state index contributed by atoms with van der Waals surface area (Å²) in [5.74, 6) is 5.44. The van der Waals surface area contributed by atoms with Gasteiger partial charge in [0.15, 0.2) is 4.32 Å². The van der Waals surface area contributed by atoms with E-state index in [1.807, 2.05) is 60.7 Å². The second-order valence-corrected chi connectivity index (χ2v) is 12.8. The van der Waals surface area contributed by atoms with E-state index >= 15 is 0 Å². The number of rotatable bonds is 3. The van der Waals surface area contributed by atoms with Gasteiger partial charge in [-0.2, -0.15) is 0 Å². The number of aromatic nitrogens is 1. The van der Waals surface area contributed by atoms with Gasteiger partial charge in [-0.05, 0) is 64.9 Å². The van der Waals surface area contributed by atoms with Crippen LogP contribution in [0.15, 0.2) is 95.4 Å². The highest BCUT2D eigenvalue weighted by atomic mass is 32.2. The Kier molecular flexibility index (Phi) is 6.62. The minimum Gasteiger partial charge on any atom is -0.347 e. The zero-order valence-electron chi connectivity index (χ0n) is 22.1. The average Bonchev–Trinajstić information content (AvgIpc) is 3.50. The van der Waals surface area contributed by atoms with Gasteiger partial charge in [-0.25, -0.2) is 10.9 Å². The normalized spacial score (nSPS) is 19.2. The first kappa shape index (κ1) is 26.5. The minimum atomic E-state index is -0.410. The molecule has 1 saturated heterocycles. The fourth-order valence-electron chi connectivity index (χ4n) is 5.27. The van der Waals surface area contributed by atoms with Crippen molar-refractivity contribution < 1.29 is 4.79 Å². The van der Waals surface area contributed by atoms with Gasteiger partial charge >= 0.3 is 0 Å². The molecule has 40 heavy (non-hydrogen) atoms. The maximum Gasteiger partial charge on any atom is 0.283 e. The Hall–Kier alpha value is -3.76. The molecule has 2 aliphatic heterocycles. The third kappa shape index (κ3) is 4.26. The standard InChI is InChI=1S/C31H26N4O2S3/c1-31(2)22-18-20(19-10-6-4-7-11-19)14-15-23(22)33(3)25(31)17-16-24-27(36)34(21-12-8-5-9-13-21)29(39-24)26-28(37)35(32)30(38)40-26/h4-18H,32H2,1-3H3/b24-16-,25-17-,29-26-. The first-order valence-corrected chi connectivity index (χ1v) is 14.7. The maximum absolute atomic E-state index is 13.8. The van der Waals surface area contributed by atoms with Crippen molar-refractivity contribution in [3.63, 3.8) is 0 Å². The van der Waals surface area contributed by atoms with Crippen LogP contribution in [0, 0.1) is 0 Å². The fraction of sp³-hybridized carbons (Fsp3) is 0.129. The van der Waals surface area contributed by atoms with Crippen LogP contribution in [-0.2, 0) is 10.2 Å². The van der Waals surface area contributed by atoms with Gasteiger partial charge in [0, 0.05) is 23.8 Å². The molecule has 0 bridgehead atoms. The van der Waals surface area contributed by atoms with Crippen LogP contribution in [-0.4, -0.2) is 26.9 Å². The van der Waals surface area contributed by atoms with Crippen molar-refractivity contribution in [2.45, 2.75) is 19.3 Å². The summed E-state index contributed by atoms with van der Waals surface area (Å²) >= 11 is 7.63. The lowest BCUT2D eigenvalue weighted by atomic mass is 9.82. The van der Waals surface area contributed by atoms with Gasteiger partial charge in [0.2, 0.25) is 0 Å². The molecule has 4 aromatic rings. The first-order chi connectivity index (χ1) is 19.2. The number of anilines is 1. The zero-order chi connectivity index (χ0) is 28.2. The van der Waals surface area contributed by atoms with Crippen molar-refractivity contribution in [2.24, 2.45) is 5.84 Å². The Labute approximate surface area is 245 Å². The molecule has 9 heteroatoms. The van der Waals surface area contributed by atoms with E-state index in [9.17, 15) is 9.59 Å². The van der Waals surface area contributed by atoms with E-state index in [4.69, 9.17) is 18.1 Å². The third-order valence-corrected chi connectivity index (χ3v) is 9.99. The number of fused-ring (bicyclic) bond motifs is 1. The number of amides is 1. The molecule has 0 unspecified atom stereocenters. The molecule has 6 nitrogen and oxygen atoms in total. The molecule has 1 fully saturated rings. The molecule has 0 radical (unpaired) electrons. The number of thioether (sulfide) groups is 1. The zero-order valence-corrected chi connectivity index (χ0v) is 24.6. The monoisotopic (exact) mass is 582 g/mol. The highest BCUT2D eigenvalue weighted by Crippen LogP contribution is 2.48. The number of nitrogens with zero attached hydrogens (tertiary/aromatic N) is 3. The van der Waals surface area contributed by atoms with Crippen LogP contribution in [0.25, 0.3) is 27.8 Å². The molecule has 0 saturated carbocycles. The summed E-state index contributed by atoms with van der Waals surface area (Å²) in [6, 6.07) is 26.2. The number of para-hydroxylation sites is 1. The summed E-state index contributed by atoms with van der Waals surface area (Å²) < 4.78 is 2.86. The molecular formula is C31H26N4O2S3. The number of allylic oxidation sites excluding steroid dienone is 2. The molecule has 1 aromatic heterocycles. The largest absolute Gasteiger partial charge is 0.347 e. The van der Waals surface area contributed by atoms with Gasteiger partial charge in [0.25, 0.3) is 11.5 Å². The van der Waals surface area contributed by atoms with Gasteiger partial charge in [-0.1, -0.05) is 80.7 Å². The summed E-state index contributed by atoms with van der Waals surface area (Å²) in [6.07, 6.45) is 3.87. The molecule has 6 rings (SSSR count). The van der Waals surface area contributed by atoms with Crippen molar-refractivity contribution >= 4 is 62.2 Å². The van der Waals surface area contributed by atoms with Gasteiger partial charge in [-0.15, -0.1) is 11.3 Å². The van der Waals surface area contributed by atoms with Crippen LogP contribution in [0.2, 0.25) is 0 Å². The maximum atomic E-state index is 13.8. The highest BCUT2D eigenvalue weighted by molar-refractivity contribution is 8.30. The molecule has 2 N–H and O–H groups in total. The van der Waals surface area contributed by atoms with Gasteiger partial charge in [-0.3, -0.25) is 14.2 Å². The second kappa shape index (κ2) is 10.0. The number of hydrogen-bond acceptors (Lipinski definition) is 7. The fourth-order valence-corrected chi connectivity index (χ4v) is 7.55. The van der Waals surface area contributed by atoms with E-state index < -0.39 is 5.91 Å². The third-order valence-electron chi connectivity index (χ3n) is 7.36. The Bertz CT molecular complexity index is 1890. The van der Waals surface area contributed by atoms with Crippen LogP contribution >= 0.6 is 35.3 Å². The predicted molar refractivity (Wildman–Crippen MR) is 170 cm³/mol. The minimum absolute atomic E-state index is 0.201. The molecule has 3 aromatic carbocycles. The Morgan fingerprint density at radius 3 is 2.23 bits per heavy atom. The smallest absolute Gasteiger partial charge is 0.283 e. The van der Waals surface area contributed by atoms with E-state index in [1.54, 1.807) is 4.57 Å². The molecule has 2 aliphatic rings.